The van der Waals surface area contributed by atoms with Crippen molar-refractivity contribution in [2.75, 3.05) is 46.4 Å². The number of piperazine rings is 1. The number of ether oxygens (including phenoxy) is 1. The average molecular weight is 255 g/mol. The van der Waals surface area contributed by atoms with Gasteiger partial charge in [-0.25, -0.2) is 0 Å². The highest BCUT2D eigenvalue weighted by Crippen LogP contribution is 2.17. The second-order valence-corrected chi connectivity index (χ2v) is 5.29. The maximum absolute atomic E-state index is 11.8. The van der Waals surface area contributed by atoms with E-state index >= 15 is 0 Å². The normalized spacial score (nSPS) is 28.2. The minimum Gasteiger partial charge on any atom is -0.465 e. The molecule has 1 N–H and O–H groups in total. The van der Waals surface area contributed by atoms with Crippen LogP contribution >= 0.6 is 0 Å². The van der Waals surface area contributed by atoms with Crippen molar-refractivity contribution in [3.05, 3.63) is 0 Å². The van der Waals surface area contributed by atoms with Gasteiger partial charge in [0.05, 0.1) is 6.61 Å². The summed E-state index contributed by atoms with van der Waals surface area (Å²) in [7, 11) is 2.18. The highest BCUT2D eigenvalue weighted by Gasteiger charge is 2.31. The van der Waals surface area contributed by atoms with E-state index in [-0.39, 0.29) is 12.0 Å². The first-order valence-electron chi connectivity index (χ1n) is 7.03. The number of rotatable bonds is 3. The van der Waals surface area contributed by atoms with E-state index in [1.165, 1.54) is 25.9 Å². The molecule has 1 atom stereocenters. The van der Waals surface area contributed by atoms with Crippen molar-refractivity contribution >= 4 is 5.97 Å². The van der Waals surface area contributed by atoms with Crippen molar-refractivity contribution in [3.63, 3.8) is 0 Å². The minimum absolute atomic E-state index is 0.102. The van der Waals surface area contributed by atoms with Gasteiger partial charge in [0.25, 0.3) is 0 Å². The molecule has 0 radical (unpaired) electrons. The molecule has 2 fully saturated rings. The van der Waals surface area contributed by atoms with Crippen LogP contribution in [0.25, 0.3) is 0 Å². The van der Waals surface area contributed by atoms with Crippen LogP contribution in [-0.2, 0) is 9.53 Å². The van der Waals surface area contributed by atoms with E-state index in [1.807, 2.05) is 6.92 Å². The smallest absolute Gasteiger partial charge is 0.324 e. The minimum atomic E-state index is -0.140. The molecule has 1 unspecified atom stereocenters. The van der Waals surface area contributed by atoms with Crippen molar-refractivity contribution in [2.24, 2.45) is 0 Å². The molecule has 0 aliphatic carbocycles. The zero-order valence-corrected chi connectivity index (χ0v) is 11.5. The van der Waals surface area contributed by atoms with Gasteiger partial charge in [0.2, 0.25) is 0 Å². The van der Waals surface area contributed by atoms with Gasteiger partial charge in [-0.2, -0.15) is 0 Å². The lowest BCUT2D eigenvalue weighted by Gasteiger charge is -2.41. The third-order valence-electron chi connectivity index (χ3n) is 3.98. The first kappa shape index (κ1) is 13.8. The summed E-state index contributed by atoms with van der Waals surface area (Å²) < 4.78 is 5.10. The van der Waals surface area contributed by atoms with Gasteiger partial charge in [0.1, 0.15) is 6.04 Å². The molecule has 0 bridgehead atoms. The van der Waals surface area contributed by atoms with E-state index in [4.69, 9.17) is 4.74 Å². The van der Waals surface area contributed by atoms with Crippen LogP contribution in [0.2, 0.25) is 0 Å². The van der Waals surface area contributed by atoms with Crippen molar-refractivity contribution in [1.29, 1.82) is 0 Å². The van der Waals surface area contributed by atoms with Crippen molar-refractivity contribution in [3.8, 4) is 0 Å². The molecule has 2 rings (SSSR count). The summed E-state index contributed by atoms with van der Waals surface area (Å²) in [6, 6.07) is 0.499. The number of carbonyl (C=O) groups excluding carboxylic acids is 1. The SMILES string of the molecule is CCOC(=O)C1CN(C2CCN(C)CC2)CCN1. The quantitative estimate of drug-likeness (QED) is 0.715. The van der Waals surface area contributed by atoms with Gasteiger partial charge in [-0.3, -0.25) is 9.69 Å². The summed E-state index contributed by atoms with van der Waals surface area (Å²) in [6.07, 6.45) is 2.43. The standard InChI is InChI=1S/C13H25N3O2/c1-3-18-13(17)12-10-16(9-6-14-12)11-4-7-15(2)8-5-11/h11-12,14H,3-10H2,1-2H3. The van der Waals surface area contributed by atoms with Gasteiger partial charge < -0.3 is 15.0 Å². The third kappa shape index (κ3) is 3.43. The number of nitrogens with one attached hydrogen (secondary N) is 1. The Hall–Kier alpha value is -0.650. The highest BCUT2D eigenvalue weighted by molar-refractivity contribution is 5.76. The van der Waals surface area contributed by atoms with Crippen LogP contribution in [0.5, 0.6) is 0 Å². The maximum Gasteiger partial charge on any atom is 0.324 e. The number of esters is 1. The monoisotopic (exact) mass is 255 g/mol. The predicted octanol–water partition coefficient (Wildman–Crippen LogP) is -0.0825. The van der Waals surface area contributed by atoms with Crippen molar-refractivity contribution in [2.45, 2.75) is 31.8 Å². The second-order valence-electron chi connectivity index (χ2n) is 5.29. The summed E-state index contributed by atoms with van der Waals surface area (Å²) in [6.45, 7) is 7.38. The van der Waals surface area contributed by atoms with Crippen LogP contribution < -0.4 is 5.32 Å². The van der Waals surface area contributed by atoms with Gasteiger partial charge in [-0.05, 0) is 39.9 Å². The molecule has 0 saturated carbocycles. The average Bonchev–Trinajstić information content (AvgIpc) is 2.40. The van der Waals surface area contributed by atoms with E-state index in [9.17, 15) is 4.79 Å². The van der Waals surface area contributed by atoms with E-state index < -0.39 is 0 Å². The summed E-state index contributed by atoms with van der Waals surface area (Å²) in [5.41, 5.74) is 0. The van der Waals surface area contributed by atoms with Crippen LogP contribution in [0.1, 0.15) is 19.8 Å². The molecule has 18 heavy (non-hydrogen) atoms. The third-order valence-corrected chi connectivity index (χ3v) is 3.98. The Morgan fingerprint density at radius 1 is 1.33 bits per heavy atom. The van der Waals surface area contributed by atoms with Gasteiger partial charge in [-0.15, -0.1) is 0 Å². The molecule has 2 aliphatic rings. The molecule has 0 aromatic heterocycles. The zero-order chi connectivity index (χ0) is 13.0. The Morgan fingerprint density at radius 3 is 2.72 bits per heavy atom. The predicted molar refractivity (Wildman–Crippen MR) is 70.5 cm³/mol. The molecule has 0 amide bonds. The van der Waals surface area contributed by atoms with Gasteiger partial charge in [0, 0.05) is 25.7 Å². The molecule has 0 aromatic rings. The molecule has 5 nitrogen and oxygen atoms in total. The largest absolute Gasteiger partial charge is 0.465 e. The van der Waals surface area contributed by atoms with Crippen LogP contribution in [-0.4, -0.2) is 74.2 Å². The lowest BCUT2D eigenvalue weighted by atomic mass is 10.0. The molecular formula is C13H25N3O2. The van der Waals surface area contributed by atoms with Crippen LogP contribution in [0, 0.1) is 0 Å². The number of carbonyl (C=O) groups is 1. The van der Waals surface area contributed by atoms with Crippen LogP contribution in [0.15, 0.2) is 0 Å². The Kier molecular flexibility index (Phi) is 4.97. The topological polar surface area (TPSA) is 44.8 Å². The van der Waals surface area contributed by atoms with Crippen molar-refractivity contribution < 1.29 is 9.53 Å². The van der Waals surface area contributed by atoms with Gasteiger partial charge in [0.15, 0.2) is 0 Å². The summed E-state index contributed by atoms with van der Waals surface area (Å²) >= 11 is 0. The van der Waals surface area contributed by atoms with Crippen LogP contribution in [0.3, 0.4) is 0 Å². The number of piperidine rings is 1. The van der Waals surface area contributed by atoms with Crippen LogP contribution in [0.4, 0.5) is 0 Å². The molecule has 2 saturated heterocycles. The summed E-state index contributed by atoms with van der Waals surface area (Å²) in [5.74, 6) is -0.102. The summed E-state index contributed by atoms with van der Waals surface area (Å²) in [4.78, 5) is 16.6. The Labute approximate surface area is 109 Å². The number of hydrogen-bond acceptors (Lipinski definition) is 5. The molecule has 0 spiro atoms. The lowest BCUT2D eigenvalue weighted by Crippen LogP contribution is -2.58. The number of likely N-dealkylation sites (tertiary alicyclic amines) is 1. The second kappa shape index (κ2) is 6.50. The molecular weight excluding hydrogens is 230 g/mol. The highest BCUT2D eigenvalue weighted by atomic mass is 16.5. The molecule has 0 aromatic carbocycles. The van der Waals surface area contributed by atoms with E-state index in [2.05, 4.69) is 22.2 Å². The fourth-order valence-corrected chi connectivity index (χ4v) is 2.87. The van der Waals surface area contributed by atoms with Gasteiger partial charge in [-0.1, -0.05) is 0 Å². The molecule has 2 heterocycles. The maximum atomic E-state index is 11.8. The van der Waals surface area contributed by atoms with E-state index in [1.54, 1.807) is 0 Å². The molecule has 104 valence electrons. The first-order valence-corrected chi connectivity index (χ1v) is 7.03. The Balaban J connectivity index is 1.84. The first-order chi connectivity index (χ1) is 8.70. The van der Waals surface area contributed by atoms with Crippen molar-refractivity contribution in [1.82, 2.24) is 15.1 Å². The zero-order valence-electron chi connectivity index (χ0n) is 11.5. The molecule has 5 heteroatoms. The lowest BCUT2D eigenvalue weighted by molar-refractivity contribution is -0.147. The fourth-order valence-electron chi connectivity index (χ4n) is 2.87. The summed E-state index contributed by atoms with van der Waals surface area (Å²) in [5, 5.41) is 3.25. The molecule has 2 aliphatic heterocycles. The Morgan fingerprint density at radius 2 is 2.06 bits per heavy atom. The van der Waals surface area contributed by atoms with E-state index in [0.29, 0.717) is 12.6 Å². The number of hydrogen-bond donors (Lipinski definition) is 1. The number of nitrogens with zero attached hydrogens (tertiary/aromatic N) is 2. The van der Waals surface area contributed by atoms with Gasteiger partial charge >= 0.3 is 5.97 Å². The fraction of sp³-hybridized carbons (Fsp3) is 0.923. The Bertz CT molecular complexity index is 277. The van der Waals surface area contributed by atoms with E-state index in [0.717, 1.165) is 19.6 Å².